The van der Waals surface area contributed by atoms with E-state index in [1.54, 1.807) is 6.07 Å². The molecule has 1 N–H and O–H groups in total. The standard InChI is InChI=1S/C17H15BrN2O2/c1-10-6-14-15(9-13(10)18)20-16(19-14)8-11-4-3-5-12(7-11)17(21)22-2/h3-7,9H,8H2,1-2H3,(H,19,20). The van der Waals surface area contributed by atoms with Gasteiger partial charge < -0.3 is 9.72 Å². The summed E-state index contributed by atoms with van der Waals surface area (Å²) in [5, 5.41) is 0. The van der Waals surface area contributed by atoms with E-state index in [0.717, 1.165) is 32.5 Å². The number of rotatable bonds is 3. The molecule has 22 heavy (non-hydrogen) atoms. The van der Waals surface area contributed by atoms with Crippen LogP contribution in [0.3, 0.4) is 0 Å². The predicted octanol–water partition coefficient (Wildman–Crippen LogP) is 4.01. The highest BCUT2D eigenvalue weighted by molar-refractivity contribution is 9.10. The molecule has 0 amide bonds. The quantitative estimate of drug-likeness (QED) is 0.719. The highest BCUT2D eigenvalue weighted by Gasteiger charge is 2.09. The molecule has 0 saturated carbocycles. The molecule has 0 aliphatic rings. The number of ether oxygens (including phenoxy) is 1. The van der Waals surface area contributed by atoms with Gasteiger partial charge in [-0.3, -0.25) is 0 Å². The second-order valence-electron chi connectivity index (χ2n) is 5.17. The molecule has 0 radical (unpaired) electrons. The highest BCUT2D eigenvalue weighted by Crippen LogP contribution is 2.23. The minimum absolute atomic E-state index is 0.328. The maximum Gasteiger partial charge on any atom is 0.337 e. The number of methoxy groups -OCH3 is 1. The number of carbonyl (C=O) groups excluding carboxylic acids is 1. The zero-order chi connectivity index (χ0) is 15.7. The monoisotopic (exact) mass is 358 g/mol. The van der Waals surface area contributed by atoms with Crippen molar-refractivity contribution in [1.29, 1.82) is 0 Å². The number of carbonyl (C=O) groups is 1. The van der Waals surface area contributed by atoms with E-state index in [-0.39, 0.29) is 5.97 Å². The molecule has 0 spiro atoms. The Labute approximate surface area is 136 Å². The number of nitrogens with zero attached hydrogens (tertiary/aromatic N) is 1. The van der Waals surface area contributed by atoms with Crippen molar-refractivity contribution in [2.45, 2.75) is 13.3 Å². The smallest absolute Gasteiger partial charge is 0.337 e. The molecule has 3 rings (SSSR count). The summed E-state index contributed by atoms with van der Waals surface area (Å²) >= 11 is 3.52. The topological polar surface area (TPSA) is 55.0 Å². The van der Waals surface area contributed by atoms with Gasteiger partial charge in [-0.15, -0.1) is 0 Å². The van der Waals surface area contributed by atoms with Crippen LogP contribution in [0.25, 0.3) is 11.0 Å². The van der Waals surface area contributed by atoms with E-state index in [2.05, 4.69) is 32.0 Å². The van der Waals surface area contributed by atoms with Gasteiger partial charge in [-0.25, -0.2) is 9.78 Å². The molecule has 1 aromatic heterocycles. The van der Waals surface area contributed by atoms with Gasteiger partial charge in [0.2, 0.25) is 0 Å². The van der Waals surface area contributed by atoms with Gasteiger partial charge in [-0.1, -0.05) is 28.1 Å². The van der Waals surface area contributed by atoms with Crippen LogP contribution in [-0.2, 0) is 11.2 Å². The Morgan fingerprint density at radius 3 is 2.91 bits per heavy atom. The Balaban J connectivity index is 1.91. The molecule has 0 unspecified atom stereocenters. The summed E-state index contributed by atoms with van der Waals surface area (Å²) in [4.78, 5) is 19.5. The van der Waals surface area contributed by atoms with Gasteiger partial charge in [0.25, 0.3) is 0 Å². The van der Waals surface area contributed by atoms with E-state index >= 15 is 0 Å². The number of esters is 1. The van der Waals surface area contributed by atoms with Crippen LogP contribution >= 0.6 is 15.9 Å². The Morgan fingerprint density at radius 1 is 1.32 bits per heavy atom. The summed E-state index contributed by atoms with van der Waals surface area (Å²) in [6.45, 7) is 2.05. The number of halogens is 1. The minimum atomic E-state index is -0.328. The molecule has 0 saturated heterocycles. The lowest BCUT2D eigenvalue weighted by Gasteiger charge is -2.02. The third-order valence-corrected chi connectivity index (χ3v) is 4.39. The van der Waals surface area contributed by atoms with Gasteiger partial charge in [-0.05, 0) is 42.3 Å². The largest absolute Gasteiger partial charge is 0.465 e. The molecule has 112 valence electrons. The number of nitrogens with one attached hydrogen (secondary N) is 1. The predicted molar refractivity (Wildman–Crippen MR) is 89.1 cm³/mol. The molecule has 0 fully saturated rings. The number of fused-ring (bicyclic) bond motifs is 1. The molecule has 0 aliphatic heterocycles. The molecule has 3 aromatic rings. The summed E-state index contributed by atoms with van der Waals surface area (Å²) in [7, 11) is 1.38. The fraction of sp³-hybridized carbons (Fsp3) is 0.176. The van der Waals surface area contributed by atoms with Crippen LogP contribution in [0.5, 0.6) is 0 Å². The van der Waals surface area contributed by atoms with Gasteiger partial charge in [0.15, 0.2) is 0 Å². The molecule has 2 aromatic carbocycles. The van der Waals surface area contributed by atoms with Crippen LogP contribution < -0.4 is 0 Å². The van der Waals surface area contributed by atoms with Gasteiger partial charge in [-0.2, -0.15) is 0 Å². The number of imidazole rings is 1. The van der Waals surface area contributed by atoms with E-state index in [1.807, 2.05) is 31.2 Å². The first kappa shape index (κ1) is 14.8. The Morgan fingerprint density at radius 2 is 2.14 bits per heavy atom. The van der Waals surface area contributed by atoms with Crippen LogP contribution in [-0.4, -0.2) is 23.0 Å². The van der Waals surface area contributed by atoms with Gasteiger partial charge in [0.1, 0.15) is 5.82 Å². The van der Waals surface area contributed by atoms with Gasteiger partial charge in [0.05, 0.1) is 23.7 Å². The number of aromatic nitrogens is 2. The van der Waals surface area contributed by atoms with Crippen LogP contribution in [0.1, 0.15) is 27.3 Å². The second kappa shape index (κ2) is 5.93. The van der Waals surface area contributed by atoms with Crippen molar-refractivity contribution in [2.75, 3.05) is 7.11 Å². The number of aromatic amines is 1. The van der Waals surface area contributed by atoms with E-state index in [9.17, 15) is 4.79 Å². The zero-order valence-electron chi connectivity index (χ0n) is 12.3. The van der Waals surface area contributed by atoms with Crippen molar-refractivity contribution in [2.24, 2.45) is 0 Å². The third kappa shape index (κ3) is 2.90. The van der Waals surface area contributed by atoms with E-state index in [0.29, 0.717) is 12.0 Å². The molecule has 0 aliphatic carbocycles. The van der Waals surface area contributed by atoms with Crippen LogP contribution in [0.2, 0.25) is 0 Å². The first-order valence-electron chi connectivity index (χ1n) is 6.89. The average Bonchev–Trinajstić information content (AvgIpc) is 2.88. The Kier molecular flexibility index (Phi) is 3.98. The van der Waals surface area contributed by atoms with Crippen molar-refractivity contribution in [1.82, 2.24) is 9.97 Å². The Hall–Kier alpha value is -2.14. The number of hydrogen-bond donors (Lipinski definition) is 1. The lowest BCUT2D eigenvalue weighted by molar-refractivity contribution is 0.0600. The van der Waals surface area contributed by atoms with Crippen molar-refractivity contribution < 1.29 is 9.53 Å². The molecule has 1 heterocycles. The SMILES string of the molecule is COC(=O)c1cccc(Cc2nc3cc(Br)c(C)cc3[nH]2)c1. The lowest BCUT2D eigenvalue weighted by atomic mass is 10.1. The lowest BCUT2D eigenvalue weighted by Crippen LogP contribution is -2.02. The zero-order valence-corrected chi connectivity index (χ0v) is 13.9. The normalized spacial score (nSPS) is 10.9. The second-order valence-corrected chi connectivity index (χ2v) is 6.03. The summed E-state index contributed by atoms with van der Waals surface area (Å²) < 4.78 is 5.80. The number of hydrogen-bond acceptors (Lipinski definition) is 3. The number of aryl methyl sites for hydroxylation is 1. The molecular weight excluding hydrogens is 344 g/mol. The summed E-state index contributed by atoms with van der Waals surface area (Å²) in [5.41, 5.74) is 4.67. The molecular formula is C17H15BrN2O2. The van der Waals surface area contributed by atoms with E-state index in [4.69, 9.17) is 4.74 Å². The van der Waals surface area contributed by atoms with Gasteiger partial charge in [0, 0.05) is 10.9 Å². The summed E-state index contributed by atoms with van der Waals surface area (Å²) in [6.07, 6.45) is 0.635. The van der Waals surface area contributed by atoms with Crippen molar-refractivity contribution in [3.63, 3.8) is 0 Å². The van der Waals surface area contributed by atoms with Crippen molar-refractivity contribution >= 4 is 32.9 Å². The minimum Gasteiger partial charge on any atom is -0.465 e. The fourth-order valence-electron chi connectivity index (χ4n) is 2.40. The Bertz CT molecular complexity index is 816. The highest BCUT2D eigenvalue weighted by atomic mass is 79.9. The molecule has 5 heteroatoms. The summed E-state index contributed by atoms with van der Waals surface area (Å²) in [5.74, 6) is 0.542. The molecule has 0 bridgehead atoms. The summed E-state index contributed by atoms with van der Waals surface area (Å²) in [6, 6.07) is 11.5. The average molecular weight is 359 g/mol. The van der Waals surface area contributed by atoms with Crippen molar-refractivity contribution in [3.8, 4) is 0 Å². The number of benzene rings is 2. The van der Waals surface area contributed by atoms with Crippen LogP contribution in [0.4, 0.5) is 0 Å². The van der Waals surface area contributed by atoms with E-state index in [1.165, 1.54) is 7.11 Å². The van der Waals surface area contributed by atoms with Gasteiger partial charge >= 0.3 is 5.97 Å². The first-order chi connectivity index (χ1) is 10.6. The van der Waals surface area contributed by atoms with Crippen LogP contribution in [0, 0.1) is 6.92 Å². The third-order valence-electron chi connectivity index (χ3n) is 3.53. The fourth-order valence-corrected chi connectivity index (χ4v) is 2.73. The van der Waals surface area contributed by atoms with Crippen LogP contribution in [0.15, 0.2) is 40.9 Å². The molecule has 0 atom stereocenters. The first-order valence-corrected chi connectivity index (χ1v) is 7.68. The number of H-pyrrole nitrogens is 1. The molecule has 4 nitrogen and oxygen atoms in total. The maximum atomic E-state index is 11.6. The van der Waals surface area contributed by atoms with E-state index < -0.39 is 0 Å². The maximum absolute atomic E-state index is 11.6. The van der Waals surface area contributed by atoms with Crippen molar-refractivity contribution in [3.05, 3.63) is 63.4 Å².